The molecule has 2 atom stereocenters. The molecule has 1 aliphatic heterocycles. The van der Waals surface area contributed by atoms with Gasteiger partial charge in [0, 0.05) is 5.69 Å². The van der Waals surface area contributed by atoms with Gasteiger partial charge in [-0.15, -0.1) is 0 Å². The van der Waals surface area contributed by atoms with E-state index in [0.29, 0.717) is 12.8 Å². The maximum Gasteiger partial charge on any atom is 0.244 e. The summed E-state index contributed by atoms with van der Waals surface area (Å²) in [6.45, 7) is 3.89. The van der Waals surface area contributed by atoms with Gasteiger partial charge in [0.25, 0.3) is 0 Å². The van der Waals surface area contributed by atoms with Gasteiger partial charge >= 0.3 is 0 Å². The van der Waals surface area contributed by atoms with Crippen LogP contribution < -0.4 is 5.32 Å². The van der Waals surface area contributed by atoms with E-state index in [1.54, 1.807) is 0 Å². The Labute approximate surface area is 141 Å². The molecule has 1 fully saturated rings. The number of nitrogens with one attached hydrogen (secondary N) is 1. The highest BCUT2D eigenvalue weighted by atomic mass is 16.2. The lowest BCUT2D eigenvalue weighted by atomic mass is 9.85. The molecule has 1 aromatic carbocycles. The molecular weight excluding hydrogens is 304 g/mol. The topological polar surface area (TPSA) is 66.5 Å². The summed E-state index contributed by atoms with van der Waals surface area (Å²) in [6.07, 6.45) is 5.05. The lowest BCUT2D eigenvalue weighted by Gasteiger charge is -2.17. The molecule has 1 saturated heterocycles. The first-order chi connectivity index (χ1) is 11.5. The number of imide groups is 1. The van der Waals surface area contributed by atoms with Crippen LogP contribution in [-0.2, 0) is 14.4 Å². The van der Waals surface area contributed by atoms with E-state index in [1.165, 1.54) is 0 Å². The van der Waals surface area contributed by atoms with Crippen molar-refractivity contribution in [2.45, 2.75) is 32.6 Å². The second kappa shape index (κ2) is 6.59. The molecule has 0 radical (unpaired) electrons. The summed E-state index contributed by atoms with van der Waals surface area (Å²) in [5, 5.41) is 2.84. The molecule has 5 nitrogen and oxygen atoms in total. The number of likely N-dealkylation sites (tertiary alicyclic amines) is 1. The number of hydrogen-bond donors (Lipinski definition) is 1. The van der Waals surface area contributed by atoms with Crippen molar-refractivity contribution >= 4 is 23.4 Å². The number of para-hydroxylation sites is 1. The van der Waals surface area contributed by atoms with Crippen LogP contribution in [-0.4, -0.2) is 29.2 Å². The van der Waals surface area contributed by atoms with Crippen LogP contribution in [0.2, 0.25) is 0 Å². The zero-order chi connectivity index (χ0) is 17.3. The Morgan fingerprint density at radius 2 is 1.71 bits per heavy atom. The van der Waals surface area contributed by atoms with E-state index in [1.807, 2.05) is 36.4 Å². The number of amides is 3. The standard InChI is InChI=1S/C19H22N2O3/c1-12(2)13-7-5-6-10-16(13)20-17(22)11-21-18(23)14-8-3-4-9-15(14)19(21)24/h3-7,10,12,14-15H,8-9,11H2,1-2H3,(H,20,22)/t14-,15-/m1/s1. The quantitative estimate of drug-likeness (QED) is 0.683. The number of benzene rings is 1. The van der Waals surface area contributed by atoms with Crippen LogP contribution in [0.15, 0.2) is 36.4 Å². The molecular formula is C19H22N2O3. The van der Waals surface area contributed by atoms with E-state index in [0.717, 1.165) is 16.2 Å². The second-order valence-electron chi connectivity index (χ2n) is 6.71. The molecule has 24 heavy (non-hydrogen) atoms. The minimum atomic E-state index is -0.337. The van der Waals surface area contributed by atoms with Crippen LogP contribution in [0, 0.1) is 11.8 Å². The summed E-state index contributed by atoms with van der Waals surface area (Å²) in [6, 6.07) is 7.58. The Bertz CT molecular complexity index is 682. The SMILES string of the molecule is CC(C)c1ccccc1NC(=O)CN1C(=O)[C@@H]2CC=CC[C@H]2C1=O. The molecule has 5 heteroatoms. The van der Waals surface area contributed by atoms with E-state index in [4.69, 9.17) is 0 Å². The van der Waals surface area contributed by atoms with E-state index >= 15 is 0 Å². The third kappa shape index (κ3) is 2.98. The monoisotopic (exact) mass is 326 g/mol. The first kappa shape index (κ1) is 16.4. The van der Waals surface area contributed by atoms with Crippen LogP contribution >= 0.6 is 0 Å². The number of hydrogen-bond acceptors (Lipinski definition) is 3. The van der Waals surface area contributed by atoms with Crippen molar-refractivity contribution in [3.8, 4) is 0 Å². The van der Waals surface area contributed by atoms with Gasteiger partial charge < -0.3 is 5.32 Å². The normalized spacial score (nSPS) is 22.9. The maximum absolute atomic E-state index is 12.4. The summed E-state index contributed by atoms with van der Waals surface area (Å²) in [5.74, 6) is -1.10. The van der Waals surface area contributed by atoms with Gasteiger partial charge in [0.2, 0.25) is 17.7 Å². The van der Waals surface area contributed by atoms with Gasteiger partial charge in [-0.25, -0.2) is 0 Å². The second-order valence-corrected chi connectivity index (χ2v) is 6.71. The van der Waals surface area contributed by atoms with E-state index in [-0.39, 0.29) is 42.0 Å². The van der Waals surface area contributed by atoms with Gasteiger partial charge in [0.1, 0.15) is 6.54 Å². The number of fused-ring (bicyclic) bond motifs is 1. The van der Waals surface area contributed by atoms with Gasteiger partial charge in [-0.3, -0.25) is 19.3 Å². The predicted octanol–water partition coefficient (Wildman–Crippen LogP) is 2.70. The highest BCUT2D eigenvalue weighted by Crippen LogP contribution is 2.35. The van der Waals surface area contributed by atoms with Crippen LogP contribution in [0.1, 0.15) is 38.2 Å². The number of anilines is 1. The first-order valence-electron chi connectivity index (χ1n) is 8.38. The lowest BCUT2D eigenvalue weighted by Crippen LogP contribution is -2.38. The fourth-order valence-electron chi connectivity index (χ4n) is 3.47. The fourth-order valence-corrected chi connectivity index (χ4v) is 3.47. The molecule has 3 amide bonds. The number of allylic oxidation sites excluding steroid dienone is 2. The number of carbonyl (C=O) groups is 3. The molecule has 1 N–H and O–H groups in total. The Morgan fingerprint density at radius 3 is 2.29 bits per heavy atom. The number of carbonyl (C=O) groups excluding carboxylic acids is 3. The smallest absolute Gasteiger partial charge is 0.244 e. The van der Waals surface area contributed by atoms with E-state index in [2.05, 4.69) is 19.2 Å². The van der Waals surface area contributed by atoms with Gasteiger partial charge in [0.15, 0.2) is 0 Å². The van der Waals surface area contributed by atoms with Crippen molar-refractivity contribution in [2.24, 2.45) is 11.8 Å². The maximum atomic E-state index is 12.4. The zero-order valence-corrected chi connectivity index (χ0v) is 14.0. The Hall–Kier alpha value is -2.43. The predicted molar refractivity (Wildman–Crippen MR) is 91.2 cm³/mol. The summed E-state index contributed by atoms with van der Waals surface area (Å²) in [5.41, 5.74) is 1.76. The minimum Gasteiger partial charge on any atom is -0.324 e. The van der Waals surface area contributed by atoms with Gasteiger partial charge in [-0.2, -0.15) is 0 Å². The van der Waals surface area contributed by atoms with Gasteiger partial charge in [-0.1, -0.05) is 44.2 Å². The lowest BCUT2D eigenvalue weighted by molar-refractivity contribution is -0.142. The van der Waals surface area contributed by atoms with E-state index < -0.39 is 0 Å². The van der Waals surface area contributed by atoms with Crippen LogP contribution in [0.25, 0.3) is 0 Å². The molecule has 3 rings (SSSR count). The Balaban J connectivity index is 1.70. The van der Waals surface area contributed by atoms with Crippen LogP contribution in [0.5, 0.6) is 0 Å². The summed E-state index contributed by atoms with van der Waals surface area (Å²) in [7, 11) is 0. The molecule has 1 aromatic rings. The Kier molecular flexibility index (Phi) is 4.51. The molecule has 1 aliphatic carbocycles. The van der Waals surface area contributed by atoms with Crippen LogP contribution in [0.4, 0.5) is 5.69 Å². The van der Waals surface area contributed by atoms with Crippen LogP contribution in [0.3, 0.4) is 0 Å². The van der Waals surface area contributed by atoms with Crippen molar-refractivity contribution < 1.29 is 14.4 Å². The van der Waals surface area contributed by atoms with Crippen molar-refractivity contribution in [3.05, 3.63) is 42.0 Å². The largest absolute Gasteiger partial charge is 0.324 e. The third-order valence-electron chi connectivity index (χ3n) is 4.76. The molecule has 0 aromatic heterocycles. The zero-order valence-electron chi connectivity index (χ0n) is 14.0. The van der Waals surface area contributed by atoms with Crippen molar-refractivity contribution in [3.63, 3.8) is 0 Å². The summed E-state index contributed by atoms with van der Waals surface area (Å²) < 4.78 is 0. The number of rotatable bonds is 4. The molecule has 1 heterocycles. The van der Waals surface area contributed by atoms with Gasteiger partial charge in [0.05, 0.1) is 11.8 Å². The van der Waals surface area contributed by atoms with Crippen molar-refractivity contribution in [2.75, 3.05) is 11.9 Å². The highest BCUT2D eigenvalue weighted by molar-refractivity contribution is 6.08. The summed E-state index contributed by atoms with van der Waals surface area (Å²) in [4.78, 5) is 38.3. The average Bonchev–Trinajstić information content (AvgIpc) is 2.80. The van der Waals surface area contributed by atoms with Gasteiger partial charge in [-0.05, 0) is 30.4 Å². The van der Waals surface area contributed by atoms with Crippen molar-refractivity contribution in [1.82, 2.24) is 4.90 Å². The molecule has 0 spiro atoms. The minimum absolute atomic E-state index is 0.211. The first-order valence-corrected chi connectivity index (χ1v) is 8.38. The number of nitrogens with zero attached hydrogens (tertiary/aromatic N) is 1. The fraction of sp³-hybridized carbons (Fsp3) is 0.421. The average molecular weight is 326 g/mol. The Morgan fingerprint density at radius 1 is 1.12 bits per heavy atom. The van der Waals surface area contributed by atoms with E-state index in [9.17, 15) is 14.4 Å². The summed E-state index contributed by atoms with van der Waals surface area (Å²) >= 11 is 0. The highest BCUT2D eigenvalue weighted by Gasteiger charge is 2.47. The molecule has 0 unspecified atom stereocenters. The molecule has 2 aliphatic rings. The molecule has 126 valence electrons. The third-order valence-corrected chi connectivity index (χ3v) is 4.76. The molecule has 0 bridgehead atoms. The van der Waals surface area contributed by atoms with Crippen molar-refractivity contribution in [1.29, 1.82) is 0 Å². The molecule has 0 saturated carbocycles.